The van der Waals surface area contributed by atoms with Crippen LogP contribution in [0.2, 0.25) is 5.02 Å². The van der Waals surface area contributed by atoms with Crippen molar-refractivity contribution in [3.05, 3.63) is 96.8 Å². The number of methoxy groups -OCH3 is 1. The molecule has 0 radical (unpaired) electrons. The third kappa shape index (κ3) is 5.95. The van der Waals surface area contributed by atoms with Crippen LogP contribution in [0.15, 0.2) is 58.3 Å². The fourth-order valence-corrected chi connectivity index (χ4v) is 6.73. The van der Waals surface area contributed by atoms with E-state index in [2.05, 4.69) is 16.0 Å². The Balaban J connectivity index is 1.31. The molecule has 3 heterocycles. The lowest BCUT2D eigenvalue weighted by molar-refractivity contribution is -0.119. The molecule has 47 heavy (non-hydrogen) atoms. The van der Waals surface area contributed by atoms with E-state index < -0.39 is 29.3 Å². The van der Waals surface area contributed by atoms with Gasteiger partial charge in [-0.25, -0.2) is 9.78 Å². The first-order chi connectivity index (χ1) is 22.5. The van der Waals surface area contributed by atoms with Gasteiger partial charge in [-0.3, -0.25) is 19.0 Å². The normalized spacial score (nSPS) is 18.6. The molecule has 0 spiro atoms. The van der Waals surface area contributed by atoms with E-state index in [0.29, 0.717) is 52.8 Å². The highest BCUT2D eigenvalue weighted by molar-refractivity contribution is 6.36. The summed E-state index contributed by atoms with van der Waals surface area (Å²) in [7, 11) is 4.34. The third-order valence-electron chi connectivity index (χ3n) is 8.93. The van der Waals surface area contributed by atoms with E-state index in [4.69, 9.17) is 21.3 Å². The largest absolute Gasteiger partial charge is 0.481 e. The van der Waals surface area contributed by atoms with Crippen molar-refractivity contribution < 1.29 is 19.4 Å². The maximum absolute atomic E-state index is 13.2. The SMILES string of the molecule is COc1nc(-c2cccc(-c3cccc(NC(=O)c4cn(C)c(=O)n(C)c4=O)c3C)c2Cl)cc2c1C(NC[C@@H]1CCC(=O)N1)C(O)C2. The Morgan fingerprint density at radius 1 is 1.13 bits per heavy atom. The van der Waals surface area contributed by atoms with E-state index in [1.807, 2.05) is 37.3 Å². The molecular weight excluding hydrogens is 624 g/mol. The lowest BCUT2D eigenvalue weighted by atomic mass is 9.96. The summed E-state index contributed by atoms with van der Waals surface area (Å²) in [6.07, 6.45) is 2.17. The van der Waals surface area contributed by atoms with Crippen molar-refractivity contribution in [2.75, 3.05) is 19.0 Å². The second-order valence-corrected chi connectivity index (χ2v) is 12.3. The molecule has 2 aromatic heterocycles. The van der Waals surface area contributed by atoms with E-state index in [1.54, 1.807) is 12.1 Å². The van der Waals surface area contributed by atoms with Crippen LogP contribution in [0.3, 0.4) is 0 Å². The van der Waals surface area contributed by atoms with Gasteiger partial charge < -0.3 is 30.4 Å². The summed E-state index contributed by atoms with van der Waals surface area (Å²) in [6.45, 7) is 2.36. The van der Waals surface area contributed by atoms with Crippen molar-refractivity contribution in [1.82, 2.24) is 24.8 Å². The van der Waals surface area contributed by atoms with Gasteiger partial charge in [0.05, 0.1) is 30.0 Å². The summed E-state index contributed by atoms with van der Waals surface area (Å²) in [5, 5.41) is 20.6. The molecule has 2 aromatic carbocycles. The van der Waals surface area contributed by atoms with Crippen LogP contribution in [0.25, 0.3) is 22.4 Å². The first-order valence-corrected chi connectivity index (χ1v) is 15.6. The molecular formula is C34H35ClN6O6. The highest BCUT2D eigenvalue weighted by Gasteiger charge is 2.36. The number of anilines is 1. The van der Waals surface area contributed by atoms with Crippen LogP contribution >= 0.6 is 11.6 Å². The lowest BCUT2D eigenvalue weighted by Crippen LogP contribution is -2.40. The number of ether oxygens (including phenoxy) is 1. The summed E-state index contributed by atoms with van der Waals surface area (Å²) in [4.78, 5) is 54.3. The highest BCUT2D eigenvalue weighted by atomic mass is 35.5. The molecule has 0 bridgehead atoms. The molecule has 4 aromatic rings. The van der Waals surface area contributed by atoms with Gasteiger partial charge in [-0.1, -0.05) is 41.9 Å². The van der Waals surface area contributed by atoms with Crippen molar-refractivity contribution in [3.63, 3.8) is 0 Å². The maximum atomic E-state index is 13.2. The third-order valence-corrected chi connectivity index (χ3v) is 9.34. The van der Waals surface area contributed by atoms with Crippen LogP contribution in [0.1, 0.15) is 45.9 Å². The molecule has 1 fully saturated rings. The fraction of sp³-hybridized carbons (Fsp3) is 0.324. The molecule has 244 valence electrons. The molecule has 13 heteroatoms. The molecule has 1 aliphatic heterocycles. The second kappa shape index (κ2) is 12.8. The maximum Gasteiger partial charge on any atom is 0.330 e. The first-order valence-electron chi connectivity index (χ1n) is 15.2. The van der Waals surface area contributed by atoms with Gasteiger partial charge >= 0.3 is 5.69 Å². The number of benzene rings is 2. The average Bonchev–Trinajstić information content (AvgIpc) is 3.62. The molecule has 4 N–H and O–H groups in total. The first kappa shape index (κ1) is 32.2. The van der Waals surface area contributed by atoms with Crippen LogP contribution in [0.5, 0.6) is 5.88 Å². The predicted molar refractivity (Wildman–Crippen MR) is 178 cm³/mol. The predicted octanol–water partition coefficient (Wildman–Crippen LogP) is 2.86. The molecule has 0 saturated carbocycles. The summed E-state index contributed by atoms with van der Waals surface area (Å²) in [5.41, 5.74) is 4.19. The minimum Gasteiger partial charge on any atom is -0.481 e. The number of fused-ring (bicyclic) bond motifs is 1. The Morgan fingerprint density at radius 2 is 1.85 bits per heavy atom. The number of aliphatic hydroxyl groups excluding tert-OH is 1. The smallest absolute Gasteiger partial charge is 0.330 e. The second-order valence-electron chi connectivity index (χ2n) is 11.9. The highest BCUT2D eigenvalue weighted by Crippen LogP contribution is 2.43. The van der Waals surface area contributed by atoms with Crippen molar-refractivity contribution in [2.24, 2.45) is 14.1 Å². The summed E-state index contributed by atoms with van der Waals surface area (Å²) in [5.74, 6) is -0.222. The van der Waals surface area contributed by atoms with Crippen LogP contribution in [-0.2, 0) is 25.3 Å². The molecule has 3 atom stereocenters. The van der Waals surface area contributed by atoms with Crippen LogP contribution in [0, 0.1) is 6.92 Å². The number of carbonyl (C=O) groups excluding carboxylic acids is 2. The van der Waals surface area contributed by atoms with Gasteiger partial charge in [0.2, 0.25) is 11.8 Å². The van der Waals surface area contributed by atoms with Gasteiger partial charge in [-0.05, 0) is 42.2 Å². The number of nitrogens with one attached hydrogen (secondary N) is 3. The van der Waals surface area contributed by atoms with E-state index in [1.165, 1.54) is 32.0 Å². The number of aryl methyl sites for hydroxylation is 1. The quantitative estimate of drug-likeness (QED) is 0.225. The number of nitrogens with zero attached hydrogens (tertiary/aromatic N) is 3. The lowest BCUT2D eigenvalue weighted by Gasteiger charge is -2.22. The standard InChI is InChI=1S/C34H35ClN6O6/c1-17-20(7-6-10-24(17)38-31(44)23-16-40(2)34(46)41(3)33(23)45)21-8-5-9-22(29(21)35)25-13-18-14-26(42)30(28(18)32(39-25)47-4)36-15-19-11-12-27(43)37-19/h5-10,13,16,19,26,30,36,42H,11-12,14-15H2,1-4H3,(H,37,43)(H,38,44)/t19-,26?,30?/m0/s1. The Bertz CT molecular complexity index is 2040. The van der Waals surface area contributed by atoms with Crippen LogP contribution < -0.4 is 31.9 Å². The molecule has 6 rings (SSSR count). The molecule has 1 saturated heterocycles. The van der Waals surface area contributed by atoms with Gasteiger partial charge in [0.15, 0.2) is 0 Å². The summed E-state index contributed by atoms with van der Waals surface area (Å²) in [6, 6.07) is 12.5. The summed E-state index contributed by atoms with van der Waals surface area (Å²) < 4.78 is 7.79. The minimum absolute atomic E-state index is 0.00900. The van der Waals surface area contributed by atoms with Crippen molar-refractivity contribution in [3.8, 4) is 28.3 Å². The number of amides is 2. The van der Waals surface area contributed by atoms with Gasteiger partial charge in [0.25, 0.3) is 11.5 Å². The van der Waals surface area contributed by atoms with E-state index >= 15 is 0 Å². The topological polar surface area (TPSA) is 157 Å². The number of halogens is 1. The number of hydrogen-bond acceptors (Lipinski definition) is 8. The molecule has 2 unspecified atom stereocenters. The van der Waals surface area contributed by atoms with Crippen LogP contribution in [0.4, 0.5) is 5.69 Å². The number of aliphatic hydroxyl groups is 1. The molecule has 1 aliphatic carbocycles. The molecule has 2 amide bonds. The Kier molecular flexibility index (Phi) is 8.75. The average molecular weight is 659 g/mol. The van der Waals surface area contributed by atoms with E-state index in [9.17, 15) is 24.3 Å². The van der Waals surface area contributed by atoms with Gasteiger partial charge in [0, 0.05) is 68.1 Å². The number of hydrogen-bond donors (Lipinski definition) is 4. The number of aromatic nitrogens is 3. The van der Waals surface area contributed by atoms with Gasteiger partial charge in [-0.15, -0.1) is 0 Å². The zero-order valence-electron chi connectivity index (χ0n) is 26.4. The molecule has 2 aliphatic rings. The van der Waals surface area contributed by atoms with Crippen molar-refractivity contribution in [1.29, 1.82) is 0 Å². The van der Waals surface area contributed by atoms with E-state index in [-0.39, 0.29) is 17.5 Å². The number of rotatable bonds is 8. The Morgan fingerprint density at radius 3 is 2.57 bits per heavy atom. The van der Waals surface area contributed by atoms with Gasteiger partial charge in [-0.2, -0.15) is 0 Å². The zero-order valence-corrected chi connectivity index (χ0v) is 27.1. The van der Waals surface area contributed by atoms with Crippen LogP contribution in [-0.4, -0.2) is 56.8 Å². The Hall–Kier alpha value is -4.78. The Labute approximate surface area is 275 Å². The van der Waals surface area contributed by atoms with E-state index in [0.717, 1.165) is 33.2 Å². The number of carbonyl (C=O) groups is 2. The number of pyridine rings is 1. The minimum atomic E-state index is -0.698. The fourth-order valence-electron chi connectivity index (χ4n) is 6.40. The van der Waals surface area contributed by atoms with Crippen molar-refractivity contribution in [2.45, 2.75) is 44.4 Å². The van der Waals surface area contributed by atoms with Gasteiger partial charge in [0.1, 0.15) is 5.56 Å². The monoisotopic (exact) mass is 658 g/mol. The zero-order chi connectivity index (χ0) is 33.6. The molecule has 12 nitrogen and oxygen atoms in total. The summed E-state index contributed by atoms with van der Waals surface area (Å²) >= 11 is 7.07. The van der Waals surface area contributed by atoms with Crippen molar-refractivity contribution >= 4 is 29.1 Å².